The van der Waals surface area contributed by atoms with Gasteiger partial charge in [-0.25, -0.2) is 0 Å². The van der Waals surface area contributed by atoms with Gasteiger partial charge in [0.2, 0.25) is 0 Å². The van der Waals surface area contributed by atoms with Crippen molar-refractivity contribution in [2.45, 2.75) is 122 Å². The average Bonchev–Trinajstić information content (AvgIpc) is 2.36. The molecule has 0 aromatic carbocycles. The van der Waals surface area contributed by atoms with Crippen LogP contribution in [0.3, 0.4) is 0 Å². The molecular weight excluding hydrogens is 308 g/mol. The molecule has 2 fully saturated rings. The molecular formula is C21H48N4. The highest BCUT2D eigenvalue weighted by Crippen LogP contribution is 2.35. The second kappa shape index (κ2) is 8.69. The van der Waals surface area contributed by atoms with Crippen molar-refractivity contribution in [1.82, 2.24) is 0 Å². The molecule has 0 radical (unpaired) electrons. The molecule has 4 heteroatoms. The number of hydrogen-bond donors (Lipinski definition) is 4. The normalized spacial score (nSPS) is 36.7. The van der Waals surface area contributed by atoms with Gasteiger partial charge in [0, 0.05) is 22.2 Å². The summed E-state index contributed by atoms with van der Waals surface area (Å²) >= 11 is 0. The molecule has 0 aromatic rings. The van der Waals surface area contributed by atoms with E-state index in [4.69, 9.17) is 22.9 Å². The van der Waals surface area contributed by atoms with Crippen LogP contribution in [0, 0.1) is 11.8 Å². The Morgan fingerprint density at radius 3 is 1.00 bits per heavy atom. The molecule has 2 aliphatic rings. The maximum Gasteiger partial charge on any atom is 0.0126 e. The van der Waals surface area contributed by atoms with Gasteiger partial charge in [0.05, 0.1) is 0 Å². The molecule has 0 spiro atoms. The summed E-state index contributed by atoms with van der Waals surface area (Å²) < 4.78 is 0. The smallest absolute Gasteiger partial charge is 0.0126 e. The molecule has 8 N–H and O–H groups in total. The van der Waals surface area contributed by atoms with Crippen molar-refractivity contribution in [2.75, 3.05) is 0 Å². The van der Waals surface area contributed by atoms with E-state index in [-0.39, 0.29) is 29.6 Å². The van der Waals surface area contributed by atoms with Gasteiger partial charge in [-0.3, -0.25) is 0 Å². The second-order valence-corrected chi connectivity index (χ2v) is 10.5. The first kappa shape index (κ1) is 24.8. The quantitative estimate of drug-likeness (QED) is 0.602. The zero-order valence-corrected chi connectivity index (χ0v) is 17.1. The largest absolute Gasteiger partial charge is 0.325 e. The molecule has 4 nitrogen and oxygen atoms in total. The third-order valence-corrected chi connectivity index (χ3v) is 6.36. The van der Waals surface area contributed by atoms with E-state index < -0.39 is 0 Å². The Morgan fingerprint density at radius 2 is 0.840 bits per heavy atom. The van der Waals surface area contributed by atoms with Crippen LogP contribution in [-0.2, 0) is 0 Å². The third kappa shape index (κ3) is 8.85. The SMILES string of the molecule is C.CC1(N)CCC(C(C)(C)N)CC1.CC1(N)CCC(C(C)(C)N)CC1. The monoisotopic (exact) mass is 356 g/mol. The summed E-state index contributed by atoms with van der Waals surface area (Å²) in [6.45, 7) is 12.8. The van der Waals surface area contributed by atoms with Crippen LogP contribution in [-0.4, -0.2) is 22.2 Å². The summed E-state index contributed by atoms with van der Waals surface area (Å²) in [6.07, 6.45) is 9.26. The van der Waals surface area contributed by atoms with Gasteiger partial charge in [0.15, 0.2) is 0 Å². The molecule has 2 saturated carbocycles. The van der Waals surface area contributed by atoms with Gasteiger partial charge >= 0.3 is 0 Å². The highest BCUT2D eigenvalue weighted by molar-refractivity contribution is 4.93. The van der Waals surface area contributed by atoms with Crippen molar-refractivity contribution in [3.63, 3.8) is 0 Å². The molecule has 0 unspecified atom stereocenters. The Labute approximate surface area is 157 Å². The summed E-state index contributed by atoms with van der Waals surface area (Å²) in [4.78, 5) is 0. The first-order valence-corrected chi connectivity index (χ1v) is 9.78. The Morgan fingerprint density at radius 1 is 0.640 bits per heavy atom. The molecule has 25 heavy (non-hydrogen) atoms. The topological polar surface area (TPSA) is 104 Å². The number of hydrogen-bond acceptors (Lipinski definition) is 4. The molecule has 0 amide bonds. The predicted molar refractivity (Wildman–Crippen MR) is 112 cm³/mol. The fraction of sp³-hybridized carbons (Fsp3) is 1.00. The zero-order chi connectivity index (χ0) is 18.8. The van der Waals surface area contributed by atoms with Crippen LogP contribution < -0.4 is 22.9 Å². The van der Waals surface area contributed by atoms with E-state index in [9.17, 15) is 0 Å². The maximum absolute atomic E-state index is 6.06. The highest BCUT2D eigenvalue weighted by Gasteiger charge is 2.34. The molecule has 0 heterocycles. The van der Waals surface area contributed by atoms with Gasteiger partial charge < -0.3 is 22.9 Å². The molecule has 0 aromatic heterocycles. The Balaban J connectivity index is 0.000000443. The number of nitrogens with two attached hydrogens (primary N) is 4. The molecule has 0 aliphatic heterocycles. The Bertz CT molecular complexity index is 330. The van der Waals surface area contributed by atoms with Crippen molar-refractivity contribution in [3.05, 3.63) is 0 Å². The molecule has 152 valence electrons. The van der Waals surface area contributed by atoms with Crippen LogP contribution in [0.25, 0.3) is 0 Å². The van der Waals surface area contributed by atoms with Crippen molar-refractivity contribution < 1.29 is 0 Å². The van der Waals surface area contributed by atoms with Gasteiger partial charge in [-0.05, 0) is 105 Å². The Kier molecular flexibility index (Phi) is 8.63. The first-order chi connectivity index (χ1) is 10.6. The lowest BCUT2D eigenvalue weighted by Crippen LogP contribution is -2.48. The van der Waals surface area contributed by atoms with Crippen LogP contribution in [0.2, 0.25) is 0 Å². The minimum atomic E-state index is -0.0174. The summed E-state index contributed by atoms with van der Waals surface area (Å²) in [5.74, 6) is 1.32. The second-order valence-electron chi connectivity index (χ2n) is 10.5. The van der Waals surface area contributed by atoms with Crippen LogP contribution in [0.4, 0.5) is 0 Å². The van der Waals surface area contributed by atoms with Gasteiger partial charge in [-0.15, -0.1) is 0 Å². The van der Waals surface area contributed by atoms with Gasteiger partial charge in [0.25, 0.3) is 0 Å². The Hall–Kier alpha value is -0.160. The molecule has 0 atom stereocenters. The van der Waals surface area contributed by atoms with Crippen LogP contribution in [0.15, 0.2) is 0 Å². The van der Waals surface area contributed by atoms with Gasteiger partial charge in [-0.2, -0.15) is 0 Å². The summed E-state index contributed by atoms with van der Waals surface area (Å²) in [7, 11) is 0. The van der Waals surface area contributed by atoms with Crippen LogP contribution >= 0.6 is 0 Å². The standard InChI is InChI=1S/2C10H22N2.CH4/c2*1-9(2,11)8-4-6-10(3,12)7-5-8;/h2*8H,4-7,11-12H2,1-3H3;1H4. The van der Waals surface area contributed by atoms with Crippen LogP contribution in [0.1, 0.15) is 100 Å². The maximum atomic E-state index is 6.06. The van der Waals surface area contributed by atoms with Crippen molar-refractivity contribution in [1.29, 1.82) is 0 Å². The van der Waals surface area contributed by atoms with Crippen molar-refractivity contribution in [3.8, 4) is 0 Å². The lowest BCUT2D eigenvalue weighted by molar-refractivity contribution is 0.184. The molecule has 0 bridgehead atoms. The summed E-state index contributed by atoms with van der Waals surface area (Å²) in [5, 5.41) is 0. The van der Waals surface area contributed by atoms with Gasteiger partial charge in [0.1, 0.15) is 0 Å². The van der Waals surface area contributed by atoms with Crippen molar-refractivity contribution >= 4 is 0 Å². The van der Waals surface area contributed by atoms with E-state index in [1.54, 1.807) is 0 Å². The molecule has 2 aliphatic carbocycles. The zero-order valence-electron chi connectivity index (χ0n) is 17.1. The van der Waals surface area contributed by atoms with Crippen LogP contribution in [0.5, 0.6) is 0 Å². The van der Waals surface area contributed by atoms with E-state index in [2.05, 4.69) is 41.5 Å². The van der Waals surface area contributed by atoms with E-state index in [0.717, 1.165) is 25.7 Å². The minimum Gasteiger partial charge on any atom is -0.325 e. The molecule has 2 rings (SSSR count). The molecule has 0 saturated heterocycles. The van der Waals surface area contributed by atoms with E-state index in [0.29, 0.717) is 11.8 Å². The number of rotatable bonds is 2. The fourth-order valence-electron chi connectivity index (χ4n) is 4.04. The van der Waals surface area contributed by atoms with Gasteiger partial charge in [-0.1, -0.05) is 7.43 Å². The fourth-order valence-corrected chi connectivity index (χ4v) is 4.04. The van der Waals surface area contributed by atoms with E-state index in [1.165, 1.54) is 25.7 Å². The van der Waals surface area contributed by atoms with Crippen molar-refractivity contribution in [2.24, 2.45) is 34.8 Å². The predicted octanol–water partition coefficient (Wildman–Crippen LogP) is 3.90. The van der Waals surface area contributed by atoms with E-state index >= 15 is 0 Å². The summed E-state index contributed by atoms with van der Waals surface area (Å²) in [6, 6.07) is 0. The first-order valence-electron chi connectivity index (χ1n) is 9.78. The lowest BCUT2D eigenvalue weighted by Gasteiger charge is -2.40. The third-order valence-electron chi connectivity index (χ3n) is 6.36. The van der Waals surface area contributed by atoms with E-state index in [1.807, 2.05) is 0 Å². The highest BCUT2D eigenvalue weighted by atomic mass is 14.8. The lowest BCUT2D eigenvalue weighted by atomic mass is 9.71. The minimum absolute atomic E-state index is 0. The summed E-state index contributed by atoms with van der Waals surface area (Å²) in [5.41, 5.74) is 24.3. The average molecular weight is 357 g/mol.